The molecule has 0 N–H and O–H groups in total. The van der Waals surface area contributed by atoms with Gasteiger partial charge in [0.05, 0.1) is 21.4 Å². The van der Waals surface area contributed by atoms with Crippen LogP contribution in [0.3, 0.4) is 0 Å². The molecule has 3 rings (SSSR count). The number of nitrogens with zero attached hydrogens (tertiary/aromatic N) is 1. The van der Waals surface area contributed by atoms with Gasteiger partial charge < -0.3 is 0 Å². The molecule has 29 heavy (non-hydrogen) atoms. The Bertz CT molecular complexity index is 1190. The van der Waals surface area contributed by atoms with Gasteiger partial charge >= 0.3 is 0 Å². The lowest BCUT2D eigenvalue weighted by Gasteiger charge is -2.15. The summed E-state index contributed by atoms with van der Waals surface area (Å²) in [5.74, 6) is 0. The van der Waals surface area contributed by atoms with E-state index < -0.39 is 24.3 Å². The van der Waals surface area contributed by atoms with Gasteiger partial charge in [0, 0.05) is 0 Å². The third kappa shape index (κ3) is 4.45. The van der Waals surface area contributed by atoms with Gasteiger partial charge in [0.2, 0.25) is 0 Å². The van der Waals surface area contributed by atoms with Crippen molar-refractivity contribution in [2.75, 3.05) is 0 Å². The monoisotopic (exact) mass is 423 g/mol. The fraction of sp³-hybridized carbons (Fsp3) is 0.0455. The lowest BCUT2D eigenvalue weighted by molar-refractivity contribution is 0.582. The third-order valence-electron chi connectivity index (χ3n) is 4.24. The molecular weight excluding hydrogens is 406 g/mol. The Hall–Kier alpha value is -3.21. The topological polar surface area (TPSA) is 92.1 Å². The van der Waals surface area contributed by atoms with Gasteiger partial charge in [-0.05, 0) is 42.0 Å². The number of nitriles is 1. The molecule has 7 heteroatoms. The van der Waals surface area contributed by atoms with Crippen LogP contribution in [0, 0.1) is 11.3 Å². The van der Waals surface area contributed by atoms with Crippen LogP contribution in [-0.2, 0) is 19.7 Å². The largest absolute Gasteiger partial charge is 0.222 e. The molecule has 0 saturated heterocycles. The van der Waals surface area contributed by atoms with E-state index in [1.165, 1.54) is 36.4 Å². The average molecular weight is 424 g/mol. The van der Waals surface area contributed by atoms with Crippen LogP contribution in [0.15, 0.2) is 101 Å². The Morgan fingerprint density at radius 3 is 1.55 bits per heavy atom. The van der Waals surface area contributed by atoms with Crippen LogP contribution in [0.5, 0.6) is 0 Å². The molecule has 0 bridgehead atoms. The molecule has 0 aliphatic rings. The van der Waals surface area contributed by atoms with E-state index in [2.05, 4.69) is 0 Å². The minimum atomic E-state index is -4.22. The Kier molecular flexibility index (Phi) is 5.97. The first-order chi connectivity index (χ1) is 13.9. The fourth-order valence-corrected chi connectivity index (χ4v) is 6.90. The van der Waals surface area contributed by atoms with Gasteiger partial charge in [-0.3, -0.25) is 0 Å². The van der Waals surface area contributed by atoms with Crippen molar-refractivity contribution in [3.8, 4) is 6.07 Å². The molecule has 0 spiro atoms. The summed E-state index contributed by atoms with van der Waals surface area (Å²) >= 11 is 0. The van der Waals surface area contributed by atoms with Crippen LogP contribution in [0.1, 0.15) is 11.1 Å². The highest BCUT2D eigenvalue weighted by atomic mass is 32.3. The summed E-state index contributed by atoms with van der Waals surface area (Å²) in [6.07, 6.45) is 2.61. The predicted molar refractivity (Wildman–Crippen MR) is 111 cm³/mol. The van der Waals surface area contributed by atoms with Gasteiger partial charge in [0.15, 0.2) is 24.3 Å². The maximum absolute atomic E-state index is 13.2. The highest BCUT2D eigenvalue weighted by Crippen LogP contribution is 2.27. The number of sulfone groups is 2. The molecule has 0 radical (unpaired) electrons. The Balaban J connectivity index is 2.11. The maximum Gasteiger partial charge on any atom is 0.199 e. The molecule has 0 amide bonds. The minimum Gasteiger partial charge on any atom is -0.222 e. The minimum absolute atomic E-state index is 0.0750. The smallest absolute Gasteiger partial charge is 0.199 e. The van der Waals surface area contributed by atoms with E-state index in [9.17, 15) is 16.8 Å². The van der Waals surface area contributed by atoms with Crippen molar-refractivity contribution in [1.82, 2.24) is 0 Å². The zero-order valence-electron chi connectivity index (χ0n) is 15.2. The van der Waals surface area contributed by atoms with Gasteiger partial charge in [0.25, 0.3) is 0 Å². The normalized spacial score (nSPS) is 12.1. The van der Waals surface area contributed by atoms with Crippen LogP contribution >= 0.6 is 0 Å². The zero-order valence-corrected chi connectivity index (χ0v) is 16.8. The first-order valence-corrected chi connectivity index (χ1v) is 11.7. The molecule has 0 aromatic heterocycles. The zero-order chi connectivity index (χ0) is 20.9. The Morgan fingerprint density at radius 1 is 0.690 bits per heavy atom. The lowest BCUT2D eigenvalue weighted by Crippen LogP contribution is -2.29. The second-order valence-corrected chi connectivity index (χ2v) is 10.6. The molecule has 5 nitrogen and oxygen atoms in total. The molecular formula is C22H17NO4S2. The van der Waals surface area contributed by atoms with Gasteiger partial charge in [0.1, 0.15) is 0 Å². The summed E-state index contributed by atoms with van der Waals surface area (Å²) in [6, 6.07) is 23.4. The number of rotatable bonds is 6. The summed E-state index contributed by atoms with van der Waals surface area (Å²) in [5.41, 5.74) is 1.04. The first kappa shape index (κ1) is 20.5. The molecule has 0 unspecified atom stereocenters. The predicted octanol–water partition coefficient (Wildman–Crippen LogP) is 3.85. The van der Waals surface area contributed by atoms with Gasteiger partial charge in [-0.2, -0.15) is 5.26 Å². The van der Waals surface area contributed by atoms with Crippen LogP contribution in [0.4, 0.5) is 0 Å². The van der Waals surface area contributed by atoms with Crippen molar-refractivity contribution in [2.45, 2.75) is 14.4 Å². The lowest BCUT2D eigenvalue weighted by atomic mass is 10.1. The van der Waals surface area contributed by atoms with Crippen molar-refractivity contribution in [3.05, 3.63) is 102 Å². The van der Waals surface area contributed by atoms with E-state index in [-0.39, 0.29) is 9.79 Å². The van der Waals surface area contributed by atoms with E-state index in [0.29, 0.717) is 11.1 Å². The second-order valence-electron chi connectivity index (χ2n) is 6.18. The average Bonchev–Trinajstić information content (AvgIpc) is 2.75. The number of benzene rings is 3. The van der Waals surface area contributed by atoms with E-state index in [0.717, 1.165) is 0 Å². The first-order valence-electron chi connectivity index (χ1n) is 8.62. The Labute approximate surface area is 170 Å². The molecule has 0 aliphatic carbocycles. The quantitative estimate of drug-likeness (QED) is 0.601. The van der Waals surface area contributed by atoms with Crippen molar-refractivity contribution in [2.24, 2.45) is 0 Å². The van der Waals surface area contributed by atoms with Gasteiger partial charge in [-0.25, -0.2) is 16.8 Å². The Morgan fingerprint density at radius 2 is 1.14 bits per heavy atom. The van der Waals surface area contributed by atoms with E-state index in [1.807, 2.05) is 6.07 Å². The third-order valence-corrected chi connectivity index (χ3v) is 9.16. The molecule has 0 atom stereocenters. The summed E-state index contributed by atoms with van der Waals surface area (Å²) in [4.78, 5) is -0.150. The summed E-state index contributed by atoms with van der Waals surface area (Å²) in [6.45, 7) is 0. The SMILES string of the molecule is N#Cc1ccc(/C=C/C(S(=O)(=O)c2ccccc2)S(=O)(=O)c2ccccc2)cc1. The molecule has 0 heterocycles. The summed E-state index contributed by atoms with van der Waals surface area (Å²) in [5, 5.41) is 8.89. The van der Waals surface area contributed by atoms with Crippen LogP contribution < -0.4 is 0 Å². The van der Waals surface area contributed by atoms with Crippen LogP contribution in [0.2, 0.25) is 0 Å². The number of hydrogen-bond donors (Lipinski definition) is 0. The second kappa shape index (κ2) is 8.43. The number of hydrogen-bond acceptors (Lipinski definition) is 5. The highest BCUT2D eigenvalue weighted by molar-refractivity contribution is 8.09. The maximum atomic E-state index is 13.2. The van der Waals surface area contributed by atoms with Crippen molar-refractivity contribution < 1.29 is 16.8 Å². The molecule has 0 fully saturated rings. The van der Waals surface area contributed by atoms with E-state index >= 15 is 0 Å². The van der Waals surface area contributed by atoms with Crippen molar-refractivity contribution in [3.63, 3.8) is 0 Å². The molecule has 0 saturated carbocycles. The fourth-order valence-electron chi connectivity index (χ4n) is 2.72. The van der Waals surface area contributed by atoms with Crippen molar-refractivity contribution >= 4 is 25.8 Å². The molecule has 3 aromatic carbocycles. The van der Waals surface area contributed by atoms with Gasteiger partial charge in [-0.1, -0.05) is 60.7 Å². The van der Waals surface area contributed by atoms with Crippen LogP contribution in [0.25, 0.3) is 6.08 Å². The summed E-state index contributed by atoms with van der Waals surface area (Å²) < 4.78 is 51.0. The van der Waals surface area contributed by atoms with Crippen molar-refractivity contribution in [1.29, 1.82) is 5.26 Å². The molecule has 146 valence electrons. The molecule has 3 aromatic rings. The summed E-state index contributed by atoms with van der Waals surface area (Å²) in [7, 11) is -8.43. The standard InChI is InChI=1S/C22H17NO4S2/c23-17-19-13-11-18(12-14-19)15-16-22(28(24,25)20-7-3-1-4-8-20)29(26,27)21-9-5-2-6-10-21/h1-16,22H/b16-15+. The van der Waals surface area contributed by atoms with Gasteiger partial charge in [-0.15, -0.1) is 0 Å². The van der Waals surface area contributed by atoms with E-state index in [4.69, 9.17) is 5.26 Å². The van der Waals surface area contributed by atoms with Crippen LogP contribution in [-0.4, -0.2) is 21.4 Å². The highest BCUT2D eigenvalue weighted by Gasteiger charge is 2.37. The molecule has 0 aliphatic heterocycles. The van der Waals surface area contributed by atoms with E-state index in [1.54, 1.807) is 60.7 Å².